The van der Waals surface area contributed by atoms with E-state index in [9.17, 15) is 0 Å². The van der Waals surface area contributed by atoms with Crippen molar-refractivity contribution in [3.8, 4) is 0 Å². The van der Waals surface area contributed by atoms with Crippen LogP contribution in [-0.4, -0.2) is 50.3 Å². The predicted octanol–water partition coefficient (Wildman–Crippen LogP) is 4.87. The van der Waals surface area contributed by atoms with Crippen molar-refractivity contribution in [3.05, 3.63) is 66.2 Å². The summed E-state index contributed by atoms with van der Waals surface area (Å²) in [7, 11) is 0. The zero-order valence-corrected chi connectivity index (χ0v) is 17.6. The third-order valence-electron chi connectivity index (χ3n) is 5.96. The molecule has 1 aliphatic heterocycles. The van der Waals surface area contributed by atoms with E-state index in [0.29, 0.717) is 6.04 Å². The van der Waals surface area contributed by atoms with Crippen LogP contribution >= 0.6 is 0 Å². The summed E-state index contributed by atoms with van der Waals surface area (Å²) in [6, 6.07) is 22.3. The fourth-order valence-electron chi connectivity index (χ4n) is 4.26. The van der Waals surface area contributed by atoms with Crippen molar-refractivity contribution in [2.75, 3.05) is 44.3 Å². The number of hydrogen-bond acceptors (Lipinski definition) is 3. The highest BCUT2D eigenvalue weighted by Crippen LogP contribution is 2.24. The number of ether oxygens (including phenoxy) is 1. The highest BCUT2D eigenvalue weighted by Gasteiger charge is 2.24. The minimum absolute atomic E-state index is 0.555. The van der Waals surface area contributed by atoms with E-state index in [4.69, 9.17) is 4.74 Å². The third-order valence-corrected chi connectivity index (χ3v) is 5.96. The van der Waals surface area contributed by atoms with Gasteiger partial charge >= 0.3 is 0 Å². The molecule has 0 N–H and O–H groups in total. The zero-order valence-electron chi connectivity index (χ0n) is 17.6. The van der Waals surface area contributed by atoms with Gasteiger partial charge in [-0.25, -0.2) is 0 Å². The Kier molecular flexibility index (Phi) is 8.38. The molecule has 0 aromatic heterocycles. The topological polar surface area (TPSA) is 15.7 Å². The SMILES string of the molecule is CCOCCN(CC(C)N1CCC(Cc2ccccc2)CC1)c1ccccc1. The Labute approximate surface area is 171 Å². The average Bonchev–Trinajstić information content (AvgIpc) is 2.75. The van der Waals surface area contributed by atoms with Crippen LogP contribution in [0.1, 0.15) is 32.3 Å². The Balaban J connectivity index is 1.50. The highest BCUT2D eigenvalue weighted by atomic mass is 16.5. The second-order valence-electron chi connectivity index (χ2n) is 8.00. The molecule has 1 saturated heterocycles. The van der Waals surface area contributed by atoms with Crippen LogP contribution in [0.2, 0.25) is 0 Å². The lowest BCUT2D eigenvalue weighted by atomic mass is 9.89. The van der Waals surface area contributed by atoms with E-state index < -0.39 is 0 Å². The summed E-state index contributed by atoms with van der Waals surface area (Å²) in [5, 5.41) is 0. The van der Waals surface area contributed by atoms with Crippen LogP contribution in [-0.2, 0) is 11.2 Å². The van der Waals surface area contributed by atoms with E-state index in [1.54, 1.807) is 0 Å². The van der Waals surface area contributed by atoms with Gasteiger partial charge in [0.25, 0.3) is 0 Å². The Hall–Kier alpha value is -1.84. The van der Waals surface area contributed by atoms with E-state index in [1.165, 1.54) is 43.6 Å². The first kappa shape index (κ1) is 20.9. The van der Waals surface area contributed by atoms with Crippen molar-refractivity contribution in [1.82, 2.24) is 4.90 Å². The van der Waals surface area contributed by atoms with Crippen LogP contribution in [0.3, 0.4) is 0 Å². The molecule has 0 aliphatic carbocycles. The predicted molar refractivity (Wildman–Crippen MR) is 119 cm³/mol. The molecule has 1 aliphatic rings. The largest absolute Gasteiger partial charge is 0.380 e. The van der Waals surface area contributed by atoms with Gasteiger partial charge in [0, 0.05) is 31.4 Å². The van der Waals surface area contributed by atoms with Crippen molar-refractivity contribution >= 4 is 5.69 Å². The lowest BCUT2D eigenvalue weighted by Gasteiger charge is -2.39. The second-order valence-corrected chi connectivity index (χ2v) is 8.00. The second kappa shape index (κ2) is 11.2. The molecule has 0 bridgehead atoms. The minimum Gasteiger partial charge on any atom is -0.380 e. The summed E-state index contributed by atoms with van der Waals surface area (Å²) in [5.74, 6) is 0.828. The standard InChI is InChI=1S/C25H36N2O/c1-3-28-19-18-27(25-12-8-5-9-13-25)21-22(2)26-16-14-24(15-17-26)20-23-10-6-4-7-11-23/h4-13,22,24H,3,14-21H2,1-2H3. The Morgan fingerprint density at radius 2 is 1.64 bits per heavy atom. The maximum absolute atomic E-state index is 5.63. The van der Waals surface area contributed by atoms with E-state index >= 15 is 0 Å². The van der Waals surface area contributed by atoms with Crippen LogP contribution in [0.4, 0.5) is 5.69 Å². The quantitative estimate of drug-likeness (QED) is 0.547. The van der Waals surface area contributed by atoms with Crippen molar-refractivity contribution in [3.63, 3.8) is 0 Å². The van der Waals surface area contributed by atoms with Crippen molar-refractivity contribution < 1.29 is 4.74 Å². The number of para-hydroxylation sites is 1. The van der Waals surface area contributed by atoms with Crippen LogP contribution in [0, 0.1) is 5.92 Å². The van der Waals surface area contributed by atoms with Gasteiger partial charge in [0.15, 0.2) is 0 Å². The molecule has 1 atom stereocenters. The van der Waals surface area contributed by atoms with Gasteiger partial charge in [0.1, 0.15) is 0 Å². The van der Waals surface area contributed by atoms with Gasteiger partial charge in [0.2, 0.25) is 0 Å². The third kappa shape index (κ3) is 6.35. The number of piperidine rings is 1. The number of nitrogens with zero attached hydrogens (tertiary/aromatic N) is 2. The summed E-state index contributed by atoms with van der Waals surface area (Å²) in [6.45, 7) is 10.5. The maximum Gasteiger partial charge on any atom is 0.0641 e. The van der Waals surface area contributed by atoms with Crippen molar-refractivity contribution in [2.45, 2.75) is 39.2 Å². The molecule has 1 fully saturated rings. The molecule has 2 aromatic rings. The molecular weight excluding hydrogens is 344 g/mol. The molecule has 1 heterocycles. The molecule has 3 nitrogen and oxygen atoms in total. The first-order valence-electron chi connectivity index (χ1n) is 10.9. The van der Waals surface area contributed by atoms with E-state index in [2.05, 4.69) is 84.3 Å². The van der Waals surface area contributed by atoms with E-state index in [0.717, 1.165) is 32.2 Å². The van der Waals surface area contributed by atoms with Gasteiger partial charge in [-0.3, -0.25) is 4.90 Å². The molecular formula is C25H36N2O. The van der Waals surface area contributed by atoms with Gasteiger partial charge in [-0.05, 0) is 69.8 Å². The minimum atomic E-state index is 0.555. The number of rotatable bonds is 10. The van der Waals surface area contributed by atoms with Crippen molar-refractivity contribution in [1.29, 1.82) is 0 Å². The fourth-order valence-corrected chi connectivity index (χ4v) is 4.26. The van der Waals surface area contributed by atoms with Crippen molar-refractivity contribution in [2.24, 2.45) is 5.92 Å². The van der Waals surface area contributed by atoms with Crippen LogP contribution < -0.4 is 4.90 Å². The molecule has 3 heteroatoms. The fraction of sp³-hybridized carbons (Fsp3) is 0.520. The zero-order chi connectivity index (χ0) is 19.6. The molecule has 0 spiro atoms. The molecule has 2 aromatic carbocycles. The first-order chi connectivity index (χ1) is 13.8. The summed E-state index contributed by atoms with van der Waals surface area (Å²) in [4.78, 5) is 5.16. The normalized spacial score (nSPS) is 16.8. The summed E-state index contributed by atoms with van der Waals surface area (Å²) in [6.07, 6.45) is 3.85. The first-order valence-corrected chi connectivity index (χ1v) is 10.9. The molecule has 28 heavy (non-hydrogen) atoms. The molecule has 152 valence electrons. The van der Waals surface area contributed by atoms with Gasteiger partial charge in [0.05, 0.1) is 6.61 Å². The Bertz CT molecular complexity index is 653. The number of benzene rings is 2. The smallest absolute Gasteiger partial charge is 0.0641 e. The van der Waals surface area contributed by atoms with Gasteiger partial charge in [-0.15, -0.1) is 0 Å². The number of hydrogen-bond donors (Lipinski definition) is 0. The summed E-state index contributed by atoms with van der Waals surface area (Å²) < 4.78 is 5.63. The summed E-state index contributed by atoms with van der Waals surface area (Å²) in [5.41, 5.74) is 2.79. The van der Waals surface area contributed by atoms with Crippen LogP contribution in [0.25, 0.3) is 0 Å². The average molecular weight is 381 g/mol. The van der Waals surface area contributed by atoms with Crippen LogP contribution in [0.5, 0.6) is 0 Å². The van der Waals surface area contributed by atoms with E-state index in [1.807, 2.05) is 0 Å². The Morgan fingerprint density at radius 3 is 2.29 bits per heavy atom. The lowest BCUT2D eigenvalue weighted by Crippen LogP contribution is -2.46. The van der Waals surface area contributed by atoms with E-state index in [-0.39, 0.29) is 0 Å². The molecule has 0 amide bonds. The highest BCUT2D eigenvalue weighted by molar-refractivity contribution is 5.46. The van der Waals surface area contributed by atoms with Gasteiger partial charge in [-0.1, -0.05) is 48.5 Å². The molecule has 0 saturated carbocycles. The molecule has 3 rings (SSSR count). The lowest BCUT2D eigenvalue weighted by molar-refractivity contribution is 0.135. The van der Waals surface area contributed by atoms with Gasteiger partial charge < -0.3 is 9.64 Å². The maximum atomic E-state index is 5.63. The molecule has 1 unspecified atom stereocenters. The number of anilines is 1. The summed E-state index contributed by atoms with van der Waals surface area (Å²) >= 11 is 0. The molecule has 0 radical (unpaired) electrons. The monoisotopic (exact) mass is 380 g/mol. The Morgan fingerprint density at radius 1 is 1.00 bits per heavy atom. The van der Waals surface area contributed by atoms with Gasteiger partial charge in [-0.2, -0.15) is 0 Å². The number of likely N-dealkylation sites (tertiary alicyclic amines) is 1. The van der Waals surface area contributed by atoms with Crippen LogP contribution in [0.15, 0.2) is 60.7 Å².